The molecule has 0 spiro atoms. The summed E-state index contributed by atoms with van der Waals surface area (Å²) >= 11 is 0. The van der Waals surface area contributed by atoms with Gasteiger partial charge in [-0.3, -0.25) is 4.79 Å². The first-order chi connectivity index (χ1) is 11.7. The fourth-order valence-electron chi connectivity index (χ4n) is 2.50. The normalized spacial score (nSPS) is 12.4. The molecule has 0 bridgehead atoms. The van der Waals surface area contributed by atoms with Gasteiger partial charge >= 0.3 is 0 Å². The number of carbonyl (C=O) groups excluding carboxylic acids is 1. The molecule has 0 unspecified atom stereocenters. The first-order valence-electron chi connectivity index (χ1n) is 7.65. The molecule has 3 rings (SSSR count). The molecular formula is C17H20N2O5. The van der Waals surface area contributed by atoms with Gasteiger partial charge in [-0.2, -0.15) is 0 Å². The number of ether oxygens (including phenoxy) is 3. The van der Waals surface area contributed by atoms with E-state index in [-0.39, 0.29) is 19.2 Å². The summed E-state index contributed by atoms with van der Waals surface area (Å²) in [6.07, 6.45) is 1.43. The molecular weight excluding hydrogens is 312 g/mol. The summed E-state index contributed by atoms with van der Waals surface area (Å²) in [7, 11) is 1.60. The SMILES string of the molecule is COCCN(Cc1ccc2c(c1)OCO2)C(=O)c1coc(CN)c1. The number of carbonyl (C=O) groups is 1. The Labute approximate surface area is 139 Å². The van der Waals surface area contributed by atoms with Gasteiger partial charge in [-0.05, 0) is 23.8 Å². The number of methoxy groups -OCH3 is 1. The van der Waals surface area contributed by atoms with Crippen molar-refractivity contribution < 1.29 is 23.4 Å². The van der Waals surface area contributed by atoms with Crippen LogP contribution in [0.1, 0.15) is 21.7 Å². The zero-order valence-corrected chi connectivity index (χ0v) is 13.5. The lowest BCUT2D eigenvalue weighted by atomic mass is 10.1. The van der Waals surface area contributed by atoms with Crippen molar-refractivity contribution in [1.29, 1.82) is 0 Å². The molecule has 128 valence electrons. The van der Waals surface area contributed by atoms with Crippen molar-refractivity contribution in [3.8, 4) is 11.5 Å². The Morgan fingerprint density at radius 2 is 2.12 bits per heavy atom. The van der Waals surface area contributed by atoms with Gasteiger partial charge in [0.25, 0.3) is 5.91 Å². The van der Waals surface area contributed by atoms with E-state index in [1.54, 1.807) is 18.1 Å². The van der Waals surface area contributed by atoms with E-state index in [0.717, 1.165) is 11.3 Å². The van der Waals surface area contributed by atoms with Crippen LogP contribution in [0.2, 0.25) is 0 Å². The summed E-state index contributed by atoms with van der Waals surface area (Å²) < 4.78 is 21.1. The second-order valence-electron chi connectivity index (χ2n) is 5.41. The van der Waals surface area contributed by atoms with E-state index in [9.17, 15) is 4.79 Å². The summed E-state index contributed by atoms with van der Waals surface area (Å²) in [5, 5.41) is 0. The standard InChI is InChI=1S/C17H20N2O5/c1-21-5-4-19(17(20)13-7-14(8-18)22-10-13)9-12-2-3-15-16(6-12)24-11-23-15/h2-3,6-7,10H,4-5,8-9,11,18H2,1H3. The molecule has 0 aliphatic carbocycles. The molecule has 0 saturated carbocycles. The average molecular weight is 332 g/mol. The van der Waals surface area contributed by atoms with Gasteiger partial charge in [0.05, 0.1) is 18.7 Å². The van der Waals surface area contributed by atoms with Gasteiger partial charge in [0.15, 0.2) is 11.5 Å². The molecule has 1 aromatic heterocycles. The fraction of sp³-hybridized carbons (Fsp3) is 0.353. The Kier molecular flexibility index (Phi) is 5.02. The minimum absolute atomic E-state index is 0.131. The van der Waals surface area contributed by atoms with Crippen molar-refractivity contribution in [3.05, 3.63) is 47.4 Å². The van der Waals surface area contributed by atoms with Crippen molar-refractivity contribution >= 4 is 5.91 Å². The lowest BCUT2D eigenvalue weighted by Crippen LogP contribution is -2.33. The van der Waals surface area contributed by atoms with Crippen molar-refractivity contribution in [2.75, 3.05) is 27.1 Å². The first kappa shape index (κ1) is 16.4. The zero-order chi connectivity index (χ0) is 16.9. The highest BCUT2D eigenvalue weighted by Crippen LogP contribution is 2.32. The third-order valence-electron chi connectivity index (χ3n) is 3.76. The molecule has 0 atom stereocenters. The van der Waals surface area contributed by atoms with Crippen LogP contribution in [-0.2, 0) is 17.8 Å². The Morgan fingerprint density at radius 1 is 1.29 bits per heavy atom. The lowest BCUT2D eigenvalue weighted by Gasteiger charge is -2.22. The summed E-state index contributed by atoms with van der Waals surface area (Å²) in [6.45, 7) is 1.82. The molecule has 24 heavy (non-hydrogen) atoms. The van der Waals surface area contributed by atoms with Crippen LogP contribution in [0.4, 0.5) is 0 Å². The molecule has 7 heteroatoms. The maximum absolute atomic E-state index is 12.7. The van der Waals surface area contributed by atoms with Gasteiger partial charge < -0.3 is 29.3 Å². The average Bonchev–Trinajstić information content (AvgIpc) is 3.26. The molecule has 0 fully saturated rings. The number of hydrogen-bond acceptors (Lipinski definition) is 6. The third-order valence-corrected chi connectivity index (χ3v) is 3.76. The zero-order valence-electron chi connectivity index (χ0n) is 13.5. The minimum Gasteiger partial charge on any atom is -0.467 e. The molecule has 0 radical (unpaired) electrons. The summed E-state index contributed by atoms with van der Waals surface area (Å²) in [5.74, 6) is 1.86. The molecule has 1 aliphatic rings. The molecule has 0 saturated heterocycles. The highest BCUT2D eigenvalue weighted by molar-refractivity contribution is 5.94. The van der Waals surface area contributed by atoms with Gasteiger partial charge in [0.1, 0.15) is 12.0 Å². The smallest absolute Gasteiger partial charge is 0.257 e. The second kappa shape index (κ2) is 7.37. The van der Waals surface area contributed by atoms with Crippen LogP contribution >= 0.6 is 0 Å². The van der Waals surface area contributed by atoms with Crippen molar-refractivity contribution in [2.24, 2.45) is 5.73 Å². The van der Waals surface area contributed by atoms with E-state index in [0.29, 0.717) is 36.8 Å². The molecule has 2 heterocycles. The Morgan fingerprint density at radius 3 is 2.88 bits per heavy atom. The number of benzene rings is 1. The minimum atomic E-state index is -0.131. The number of hydrogen-bond donors (Lipinski definition) is 1. The van der Waals surface area contributed by atoms with Gasteiger partial charge in [-0.1, -0.05) is 6.07 Å². The van der Waals surface area contributed by atoms with Gasteiger partial charge in [-0.25, -0.2) is 0 Å². The van der Waals surface area contributed by atoms with Crippen molar-refractivity contribution in [1.82, 2.24) is 4.90 Å². The van der Waals surface area contributed by atoms with E-state index in [4.69, 9.17) is 24.4 Å². The van der Waals surface area contributed by atoms with Crippen molar-refractivity contribution in [3.63, 3.8) is 0 Å². The van der Waals surface area contributed by atoms with E-state index >= 15 is 0 Å². The molecule has 1 amide bonds. The highest BCUT2D eigenvalue weighted by Gasteiger charge is 2.20. The van der Waals surface area contributed by atoms with Crippen LogP contribution in [0.25, 0.3) is 0 Å². The number of nitrogens with two attached hydrogens (primary N) is 1. The number of fused-ring (bicyclic) bond motifs is 1. The molecule has 1 aliphatic heterocycles. The summed E-state index contributed by atoms with van der Waals surface area (Å²) in [5.41, 5.74) is 6.96. The van der Waals surface area contributed by atoms with Crippen LogP contribution in [0, 0.1) is 0 Å². The maximum atomic E-state index is 12.7. The van der Waals surface area contributed by atoms with E-state index in [1.807, 2.05) is 18.2 Å². The van der Waals surface area contributed by atoms with Gasteiger partial charge in [0.2, 0.25) is 6.79 Å². The predicted molar refractivity (Wildman–Crippen MR) is 85.8 cm³/mol. The van der Waals surface area contributed by atoms with Gasteiger partial charge in [0, 0.05) is 20.2 Å². The number of furan rings is 1. The number of rotatable bonds is 7. The van der Waals surface area contributed by atoms with Crippen LogP contribution in [-0.4, -0.2) is 37.9 Å². The Balaban J connectivity index is 1.76. The number of nitrogens with zero attached hydrogens (tertiary/aromatic N) is 1. The summed E-state index contributed by atoms with van der Waals surface area (Å²) in [6, 6.07) is 7.32. The Hall–Kier alpha value is -2.51. The molecule has 7 nitrogen and oxygen atoms in total. The van der Waals surface area contributed by atoms with Crippen molar-refractivity contribution in [2.45, 2.75) is 13.1 Å². The van der Waals surface area contributed by atoms with Crippen LogP contribution < -0.4 is 15.2 Å². The van der Waals surface area contributed by atoms with Crippen LogP contribution in [0.5, 0.6) is 11.5 Å². The third kappa shape index (κ3) is 3.52. The maximum Gasteiger partial charge on any atom is 0.257 e. The molecule has 2 aromatic rings. The molecule has 1 aromatic carbocycles. The number of amides is 1. The van der Waals surface area contributed by atoms with E-state index in [1.165, 1.54) is 6.26 Å². The Bertz CT molecular complexity index is 713. The monoisotopic (exact) mass is 332 g/mol. The molecule has 2 N–H and O–H groups in total. The highest BCUT2D eigenvalue weighted by atomic mass is 16.7. The van der Waals surface area contributed by atoms with E-state index in [2.05, 4.69) is 0 Å². The lowest BCUT2D eigenvalue weighted by molar-refractivity contribution is 0.0679. The van der Waals surface area contributed by atoms with E-state index < -0.39 is 0 Å². The van der Waals surface area contributed by atoms with Gasteiger partial charge in [-0.15, -0.1) is 0 Å². The van der Waals surface area contributed by atoms with Crippen LogP contribution in [0.3, 0.4) is 0 Å². The summed E-state index contributed by atoms with van der Waals surface area (Å²) in [4.78, 5) is 14.4. The fourth-order valence-corrected chi connectivity index (χ4v) is 2.50. The quantitative estimate of drug-likeness (QED) is 0.831. The van der Waals surface area contributed by atoms with Crippen LogP contribution in [0.15, 0.2) is 34.9 Å². The predicted octanol–water partition coefficient (Wildman–Crippen LogP) is 1.76. The largest absolute Gasteiger partial charge is 0.467 e. The topological polar surface area (TPSA) is 87.2 Å². The first-order valence-corrected chi connectivity index (χ1v) is 7.65. The second-order valence-corrected chi connectivity index (χ2v) is 5.41.